The number of carbonyl (C=O) groups excluding carboxylic acids is 1. The fraction of sp³-hybridized carbons (Fsp3) is 0.235. The molecule has 1 aliphatic heterocycles. The summed E-state index contributed by atoms with van der Waals surface area (Å²) in [6.45, 7) is -0.163. The summed E-state index contributed by atoms with van der Waals surface area (Å²) in [4.78, 5) is 13.3. The summed E-state index contributed by atoms with van der Waals surface area (Å²) < 4.78 is 36.6. The van der Waals surface area contributed by atoms with E-state index in [0.717, 1.165) is 9.20 Å². The summed E-state index contributed by atoms with van der Waals surface area (Å²) in [6.07, 6.45) is 1.91. The second-order valence-corrected chi connectivity index (χ2v) is 8.48. The van der Waals surface area contributed by atoms with E-state index in [1.54, 1.807) is 30.3 Å². The zero-order chi connectivity index (χ0) is 18.7. The first-order chi connectivity index (χ1) is 12.4. The maximum absolute atomic E-state index is 12.6. The van der Waals surface area contributed by atoms with Gasteiger partial charge in [-0.2, -0.15) is 4.31 Å². The van der Waals surface area contributed by atoms with Crippen molar-refractivity contribution >= 4 is 33.4 Å². The summed E-state index contributed by atoms with van der Waals surface area (Å²) in [5.74, 6) is 0.699. The topological polar surface area (TPSA) is 84.9 Å². The van der Waals surface area contributed by atoms with E-state index >= 15 is 0 Å². The van der Waals surface area contributed by atoms with Crippen molar-refractivity contribution in [3.8, 4) is 11.5 Å². The van der Waals surface area contributed by atoms with Crippen LogP contribution in [0.15, 0.2) is 52.3 Å². The lowest BCUT2D eigenvalue weighted by molar-refractivity contribution is -0.116. The molecule has 2 aromatic rings. The number of likely N-dealkylation sites (N-methyl/N-ethyl adjacent to an activating group) is 1. The number of benzene rings is 2. The van der Waals surface area contributed by atoms with E-state index in [9.17, 15) is 13.2 Å². The summed E-state index contributed by atoms with van der Waals surface area (Å²) in [5, 5.41) is 2.66. The van der Waals surface area contributed by atoms with Gasteiger partial charge in [0.15, 0.2) is 11.5 Å². The van der Waals surface area contributed by atoms with Crippen LogP contribution in [0.1, 0.15) is 0 Å². The lowest BCUT2D eigenvalue weighted by Gasteiger charge is -2.17. The van der Waals surface area contributed by atoms with Crippen LogP contribution in [-0.2, 0) is 14.8 Å². The average Bonchev–Trinajstić information content (AvgIpc) is 3.09. The average molecular weight is 394 g/mol. The van der Waals surface area contributed by atoms with Gasteiger partial charge in [0, 0.05) is 23.7 Å². The van der Waals surface area contributed by atoms with Gasteiger partial charge in [0.25, 0.3) is 0 Å². The molecule has 0 saturated carbocycles. The molecule has 3 rings (SSSR count). The molecule has 2 aromatic carbocycles. The van der Waals surface area contributed by atoms with E-state index in [2.05, 4.69) is 5.32 Å². The zero-order valence-corrected chi connectivity index (χ0v) is 15.9. The number of thioether (sulfide) groups is 1. The van der Waals surface area contributed by atoms with Crippen LogP contribution in [0.5, 0.6) is 11.5 Å². The minimum Gasteiger partial charge on any atom is -0.454 e. The maximum atomic E-state index is 12.6. The van der Waals surface area contributed by atoms with Crippen molar-refractivity contribution in [3.63, 3.8) is 0 Å². The van der Waals surface area contributed by atoms with Gasteiger partial charge in [0.05, 0.1) is 11.4 Å². The van der Waals surface area contributed by atoms with E-state index in [1.165, 1.54) is 30.9 Å². The first-order valence-electron chi connectivity index (χ1n) is 7.70. The van der Waals surface area contributed by atoms with Gasteiger partial charge < -0.3 is 14.8 Å². The summed E-state index contributed by atoms with van der Waals surface area (Å²) >= 11 is 1.53. The van der Waals surface area contributed by atoms with Crippen molar-refractivity contribution in [2.75, 3.05) is 32.0 Å². The van der Waals surface area contributed by atoms with Crippen LogP contribution in [0.2, 0.25) is 0 Å². The van der Waals surface area contributed by atoms with Crippen LogP contribution in [0.25, 0.3) is 0 Å². The first-order valence-corrected chi connectivity index (χ1v) is 10.4. The van der Waals surface area contributed by atoms with Crippen LogP contribution in [-0.4, -0.2) is 45.3 Å². The molecule has 1 aliphatic rings. The van der Waals surface area contributed by atoms with E-state index < -0.39 is 15.9 Å². The van der Waals surface area contributed by atoms with Gasteiger partial charge in [-0.1, -0.05) is 0 Å². The summed E-state index contributed by atoms with van der Waals surface area (Å²) in [6, 6.07) is 11.5. The van der Waals surface area contributed by atoms with Gasteiger partial charge in [0.1, 0.15) is 0 Å². The molecule has 0 spiro atoms. The lowest BCUT2D eigenvalue weighted by Crippen LogP contribution is -2.34. The Hall–Kier alpha value is -2.23. The Balaban J connectivity index is 1.66. The molecule has 7 nitrogen and oxygen atoms in total. The van der Waals surface area contributed by atoms with E-state index in [4.69, 9.17) is 9.47 Å². The van der Waals surface area contributed by atoms with E-state index in [0.29, 0.717) is 17.2 Å². The standard InChI is InChI=1S/C17H18N2O5S2/c1-19(26(21,22)14-6-4-13(25-2)5-7-14)10-17(20)18-12-3-8-15-16(9-12)24-11-23-15/h3-9H,10-11H2,1-2H3,(H,18,20). The fourth-order valence-corrected chi connectivity index (χ4v) is 3.93. The lowest BCUT2D eigenvalue weighted by atomic mass is 10.3. The Labute approximate surface area is 156 Å². The Morgan fingerprint density at radius 1 is 1.15 bits per heavy atom. The molecule has 0 radical (unpaired) electrons. The Kier molecular flexibility index (Phi) is 5.40. The molecule has 138 valence electrons. The zero-order valence-electron chi connectivity index (χ0n) is 14.3. The van der Waals surface area contributed by atoms with Crippen LogP contribution in [0, 0.1) is 0 Å². The molecular formula is C17H18N2O5S2. The predicted molar refractivity (Wildman–Crippen MR) is 99.2 cm³/mol. The van der Waals surface area contributed by atoms with Crippen LogP contribution < -0.4 is 14.8 Å². The molecular weight excluding hydrogens is 376 g/mol. The minimum atomic E-state index is -3.74. The monoisotopic (exact) mass is 394 g/mol. The van der Waals surface area contributed by atoms with Crippen molar-refractivity contribution < 1.29 is 22.7 Å². The first kappa shape index (κ1) is 18.6. The fourth-order valence-electron chi connectivity index (χ4n) is 2.39. The van der Waals surface area contributed by atoms with E-state index in [-0.39, 0.29) is 18.2 Å². The predicted octanol–water partition coefficient (Wildman–Crippen LogP) is 2.40. The van der Waals surface area contributed by atoms with Crippen molar-refractivity contribution in [1.29, 1.82) is 0 Å². The van der Waals surface area contributed by atoms with Crippen molar-refractivity contribution in [3.05, 3.63) is 42.5 Å². The summed E-state index contributed by atoms with van der Waals surface area (Å²) in [5.41, 5.74) is 0.509. The third kappa shape index (κ3) is 3.95. The molecule has 0 unspecified atom stereocenters. The third-order valence-electron chi connectivity index (χ3n) is 3.79. The molecule has 0 aliphatic carbocycles. The molecule has 0 fully saturated rings. The Morgan fingerprint density at radius 2 is 1.85 bits per heavy atom. The number of nitrogens with one attached hydrogen (secondary N) is 1. The number of nitrogens with zero attached hydrogens (tertiary/aromatic N) is 1. The van der Waals surface area contributed by atoms with Crippen LogP contribution in [0.4, 0.5) is 5.69 Å². The SMILES string of the molecule is CSc1ccc(S(=O)(=O)N(C)CC(=O)Nc2ccc3c(c2)OCO3)cc1. The number of carbonyl (C=O) groups is 1. The molecule has 0 aromatic heterocycles. The number of hydrogen-bond acceptors (Lipinski definition) is 6. The second-order valence-electron chi connectivity index (χ2n) is 5.55. The van der Waals surface area contributed by atoms with Gasteiger partial charge in [-0.05, 0) is 42.7 Å². The Bertz CT molecular complexity index is 913. The molecule has 0 atom stereocenters. The maximum Gasteiger partial charge on any atom is 0.243 e. The molecule has 1 amide bonds. The molecule has 26 heavy (non-hydrogen) atoms. The third-order valence-corrected chi connectivity index (χ3v) is 6.35. The highest BCUT2D eigenvalue weighted by Gasteiger charge is 2.23. The minimum absolute atomic E-state index is 0.142. The molecule has 9 heteroatoms. The van der Waals surface area contributed by atoms with Gasteiger partial charge in [-0.25, -0.2) is 8.42 Å². The van der Waals surface area contributed by atoms with Crippen molar-refractivity contribution in [2.24, 2.45) is 0 Å². The number of ether oxygens (including phenoxy) is 2. The number of fused-ring (bicyclic) bond motifs is 1. The van der Waals surface area contributed by atoms with Crippen molar-refractivity contribution in [2.45, 2.75) is 9.79 Å². The smallest absolute Gasteiger partial charge is 0.243 e. The highest BCUT2D eigenvalue weighted by Crippen LogP contribution is 2.34. The van der Waals surface area contributed by atoms with Gasteiger partial charge >= 0.3 is 0 Å². The largest absolute Gasteiger partial charge is 0.454 e. The molecule has 1 N–H and O–H groups in total. The number of hydrogen-bond donors (Lipinski definition) is 1. The summed E-state index contributed by atoms with van der Waals surface area (Å²) in [7, 11) is -2.37. The van der Waals surface area contributed by atoms with Gasteiger partial charge in [-0.3, -0.25) is 4.79 Å². The van der Waals surface area contributed by atoms with Crippen molar-refractivity contribution in [1.82, 2.24) is 4.31 Å². The van der Waals surface area contributed by atoms with Crippen LogP contribution >= 0.6 is 11.8 Å². The van der Waals surface area contributed by atoms with Crippen LogP contribution in [0.3, 0.4) is 0 Å². The molecule has 0 saturated heterocycles. The number of rotatable bonds is 6. The quantitative estimate of drug-likeness (QED) is 0.758. The van der Waals surface area contributed by atoms with E-state index in [1.807, 2.05) is 6.26 Å². The van der Waals surface area contributed by atoms with Gasteiger partial charge in [-0.15, -0.1) is 11.8 Å². The molecule has 1 heterocycles. The molecule has 0 bridgehead atoms. The normalized spacial score (nSPS) is 13.0. The second kappa shape index (κ2) is 7.56. The number of anilines is 1. The Morgan fingerprint density at radius 3 is 2.54 bits per heavy atom. The number of amides is 1. The number of sulfonamides is 1. The van der Waals surface area contributed by atoms with Gasteiger partial charge in [0.2, 0.25) is 22.7 Å². The highest BCUT2D eigenvalue weighted by molar-refractivity contribution is 7.98. The highest BCUT2D eigenvalue weighted by atomic mass is 32.2.